The van der Waals surface area contributed by atoms with Crippen molar-refractivity contribution in [2.24, 2.45) is 0 Å². The molecule has 0 N–H and O–H groups in total. The number of fused-ring (bicyclic) bond motifs is 6. The average molecular weight is 659 g/mol. The van der Waals surface area contributed by atoms with Crippen molar-refractivity contribution >= 4 is 70.5 Å². The van der Waals surface area contributed by atoms with Crippen LogP contribution < -0.4 is 4.90 Å². The largest absolute Gasteiger partial charge is 0.454 e. The smallest absolute Gasteiger partial charge is 0.153 e. The summed E-state index contributed by atoms with van der Waals surface area (Å²) in [6.45, 7) is 0. The monoisotopic (exact) mass is 658 g/mol. The van der Waals surface area contributed by atoms with E-state index in [1.165, 1.54) is 42.4 Å². The molecule has 0 saturated carbocycles. The van der Waals surface area contributed by atoms with Crippen LogP contribution in [0.5, 0.6) is 0 Å². The second-order valence-corrected chi connectivity index (χ2v) is 13.7. The van der Waals surface area contributed by atoms with Gasteiger partial charge in [0.2, 0.25) is 0 Å². The zero-order valence-electron chi connectivity index (χ0n) is 27.0. The molecule has 0 aliphatic rings. The zero-order valence-corrected chi connectivity index (χ0v) is 27.8. The topological polar surface area (TPSA) is 21.3 Å². The Hall–Kier alpha value is -6.36. The summed E-state index contributed by atoms with van der Waals surface area (Å²) in [5, 5.41) is 4.86. The maximum atomic E-state index is 6.08. The van der Waals surface area contributed by atoms with Crippen molar-refractivity contribution in [3.05, 3.63) is 182 Å². The first kappa shape index (κ1) is 28.6. The Balaban J connectivity index is 0.999. The minimum Gasteiger partial charge on any atom is -0.454 e. The molecule has 3 heterocycles. The maximum Gasteiger partial charge on any atom is 0.153 e. The van der Waals surface area contributed by atoms with Crippen LogP contribution in [0.3, 0.4) is 0 Å². The van der Waals surface area contributed by atoms with Gasteiger partial charge in [0.1, 0.15) is 5.58 Å². The van der Waals surface area contributed by atoms with Gasteiger partial charge in [-0.1, -0.05) is 103 Å². The number of hydrogen-bond donors (Lipinski definition) is 0. The van der Waals surface area contributed by atoms with Crippen LogP contribution in [0, 0.1) is 0 Å². The highest BCUT2D eigenvalue weighted by atomic mass is 32.1. The van der Waals surface area contributed by atoms with E-state index in [0.717, 1.165) is 44.7 Å². The predicted octanol–water partition coefficient (Wildman–Crippen LogP) is 13.5. The molecule has 10 rings (SSSR count). The van der Waals surface area contributed by atoms with Crippen LogP contribution in [0.4, 0.5) is 17.1 Å². The van der Waals surface area contributed by atoms with Gasteiger partial charge in [0, 0.05) is 59.9 Å². The molecule has 7 aromatic carbocycles. The van der Waals surface area contributed by atoms with E-state index in [1.807, 2.05) is 23.5 Å². The fourth-order valence-electron chi connectivity index (χ4n) is 7.13. The molecule has 236 valence electrons. The summed E-state index contributed by atoms with van der Waals surface area (Å²) >= 11 is 1.85. The maximum absolute atomic E-state index is 6.08. The number of furan rings is 1. The Morgan fingerprint density at radius 2 is 0.960 bits per heavy atom. The Morgan fingerprint density at radius 3 is 1.68 bits per heavy atom. The Labute approximate surface area is 293 Å². The number of hydrogen-bond acceptors (Lipinski definition) is 3. The molecule has 0 aliphatic heterocycles. The summed E-state index contributed by atoms with van der Waals surface area (Å²) in [5.74, 6) is 0. The molecular formula is C46H30N2OS. The first-order valence-electron chi connectivity index (χ1n) is 16.8. The fraction of sp³-hybridized carbons (Fsp3) is 0. The van der Waals surface area contributed by atoms with Crippen LogP contribution in [0.2, 0.25) is 0 Å². The van der Waals surface area contributed by atoms with Crippen molar-refractivity contribution in [3.8, 4) is 27.9 Å². The summed E-state index contributed by atoms with van der Waals surface area (Å²) in [7, 11) is 0. The van der Waals surface area contributed by atoms with Crippen LogP contribution in [-0.4, -0.2) is 4.57 Å². The van der Waals surface area contributed by atoms with Gasteiger partial charge < -0.3 is 13.9 Å². The zero-order chi connectivity index (χ0) is 33.0. The first-order valence-corrected chi connectivity index (χ1v) is 17.6. The summed E-state index contributed by atoms with van der Waals surface area (Å²) in [6, 6.07) is 60.8. The third-order valence-corrected chi connectivity index (χ3v) is 10.8. The number of anilines is 3. The summed E-state index contributed by atoms with van der Waals surface area (Å²) in [4.78, 5) is 2.36. The lowest BCUT2D eigenvalue weighted by atomic mass is 10.0. The van der Waals surface area contributed by atoms with Crippen LogP contribution in [0.15, 0.2) is 187 Å². The van der Waals surface area contributed by atoms with Crippen molar-refractivity contribution in [1.82, 2.24) is 4.57 Å². The van der Waals surface area contributed by atoms with E-state index in [2.05, 4.69) is 180 Å². The molecule has 0 atom stereocenters. The van der Waals surface area contributed by atoms with Crippen LogP contribution in [-0.2, 0) is 0 Å². The van der Waals surface area contributed by atoms with Gasteiger partial charge in [-0.15, -0.1) is 11.3 Å². The number of thiophene rings is 1. The number of nitrogens with zero attached hydrogens (tertiary/aromatic N) is 2. The van der Waals surface area contributed by atoms with E-state index in [9.17, 15) is 0 Å². The molecule has 0 unspecified atom stereocenters. The molecule has 0 aliphatic carbocycles. The minimum atomic E-state index is 0.899. The van der Waals surface area contributed by atoms with Crippen molar-refractivity contribution in [1.29, 1.82) is 0 Å². The molecule has 0 spiro atoms. The van der Waals surface area contributed by atoms with E-state index in [0.29, 0.717) is 0 Å². The Bertz CT molecular complexity index is 2790. The molecule has 0 amide bonds. The van der Waals surface area contributed by atoms with E-state index < -0.39 is 0 Å². The molecule has 0 saturated heterocycles. The highest BCUT2D eigenvalue weighted by Gasteiger charge is 2.16. The van der Waals surface area contributed by atoms with E-state index >= 15 is 0 Å². The molecule has 0 fully saturated rings. The van der Waals surface area contributed by atoms with Gasteiger partial charge in [-0.05, 0) is 89.0 Å². The Morgan fingerprint density at radius 1 is 0.400 bits per heavy atom. The molecule has 3 nitrogen and oxygen atoms in total. The molecule has 0 bridgehead atoms. The van der Waals surface area contributed by atoms with Gasteiger partial charge in [0.25, 0.3) is 0 Å². The second kappa shape index (κ2) is 11.7. The number of rotatable bonds is 6. The molecular weight excluding hydrogens is 629 g/mol. The lowest BCUT2D eigenvalue weighted by Gasteiger charge is -2.26. The SMILES string of the molecule is c1ccc(-c2ccc(N(c3ccc(-c4ccc(-n5cc6oc7ccccc7c6c5)cc4)cc3)c3ccc4sc5ccccc5c4c3)cc2)cc1. The molecule has 3 aromatic heterocycles. The molecule has 10 aromatic rings. The number of para-hydroxylation sites is 1. The van der Waals surface area contributed by atoms with Gasteiger partial charge in [-0.25, -0.2) is 0 Å². The predicted molar refractivity (Wildman–Crippen MR) is 211 cm³/mol. The lowest BCUT2D eigenvalue weighted by molar-refractivity contribution is 0.667. The quantitative estimate of drug-likeness (QED) is 0.177. The highest BCUT2D eigenvalue weighted by molar-refractivity contribution is 7.25. The average Bonchev–Trinajstić information content (AvgIpc) is 3.87. The third-order valence-electron chi connectivity index (χ3n) is 9.66. The standard InChI is InChI=1S/C46H30N2OS/c1-2-8-31(9-3-1)32-16-22-36(23-17-32)48(38-26-27-46-41(28-38)40-11-5-7-13-45(40)50-46)37-24-18-34(19-25-37)33-14-20-35(21-15-33)47-29-42-39-10-4-6-12-43(39)49-44(42)30-47/h1-30H. The minimum absolute atomic E-state index is 0.899. The fourth-order valence-corrected chi connectivity index (χ4v) is 8.21. The van der Waals surface area contributed by atoms with Crippen molar-refractivity contribution in [2.75, 3.05) is 4.90 Å². The first-order chi connectivity index (χ1) is 24.7. The molecule has 4 heteroatoms. The van der Waals surface area contributed by atoms with Crippen molar-refractivity contribution < 1.29 is 4.42 Å². The van der Waals surface area contributed by atoms with Gasteiger partial charge in [0.15, 0.2) is 5.58 Å². The van der Waals surface area contributed by atoms with Crippen LogP contribution in [0.1, 0.15) is 0 Å². The van der Waals surface area contributed by atoms with Gasteiger partial charge in [0.05, 0.1) is 6.20 Å². The van der Waals surface area contributed by atoms with Gasteiger partial charge >= 0.3 is 0 Å². The number of aromatic nitrogens is 1. The van der Waals surface area contributed by atoms with Crippen LogP contribution in [0.25, 0.3) is 70.1 Å². The lowest BCUT2D eigenvalue weighted by Crippen LogP contribution is -2.09. The summed E-state index contributed by atoms with van der Waals surface area (Å²) in [6.07, 6.45) is 4.22. The van der Waals surface area contributed by atoms with E-state index in [4.69, 9.17) is 4.42 Å². The van der Waals surface area contributed by atoms with Gasteiger partial charge in [-0.3, -0.25) is 0 Å². The van der Waals surface area contributed by atoms with Crippen molar-refractivity contribution in [3.63, 3.8) is 0 Å². The Kier molecular flexibility index (Phi) is 6.68. The van der Waals surface area contributed by atoms with E-state index in [1.54, 1.807) is 0 Å². The second-order valence-electron chi connectivity index (χ2n) is 12.7. The third kappa shape index (κ3) is 4.89. The molecule has 50 heavy (non-hydrogen) atoms. The van der Waals surface area contributed by atoms with E-state index in [-0.39, 0.29) is 0 Å². The normalized spacial score (nSPS) is 11.6. The van der Waals surface area contributed by atoms with Crippen LogP contribution >= 0.6 is 11.3 Å². The summed E-state index contributed by atoms with van der Waals surface area (Å²) in [5.41, 5.74) is 11.0. The molecule has 0 radical (unpaired) electrons. The highest BCUT2D eigenvalue weighted by Crippen LogP contribution is 2.41. The summed E-state index contributed by atoms with van der Waals surface area (Å²) < 4.78 is 10.8. The van der Waals surface area contributed by atoms with Crippen molar-refractivity contribution in [2.45, 2.75) is 0 Å². The van der Waals surface area contributed by atoms with Gasteiger partial charge in [-0.2, -0.15) is 0 Å². The number of benzene rings is 7.